The molecule has 19 heavy (non-hydrogen) atoms. The minimum Gasteiger partial charge on any atom is -0.478 e. The number of carboxylic acids is 1. The zero-order chi connectivity index (χ0) is 13.8. The highest BCUT2D eigenvalue weighted by Gasteiger charge is 2.23. The van der Waals surface area contributed by atoms with Crippen molar-refractivity contribution in [3.63, 3.8) is 0 Å². The molecule has 0 atom stereocenters. The second-order valence-corrected chi connectivity index (χ2v) is 4.80. The maximum absolute atomic E-state index is 11.1. The van der Waals surface area contributed by atoms with Crippen molar-refractivity contribution in [1.29, 1.82) is 0 Å². The Balaban J connectivity index is 2.05. The van der Waals surface area contributed by atoms with Gasteiger partial charge in [0.1, 0.15) is 5.56 Å². The Bertz CT molecular complexity index is 482. The third-order valence-corrected chi connectivity index (χ3v) is 3.47. The predicted octanol–water partition coefficient (Wildman–Crippen LogP) is 0.872. The number of hydrogen-bond acceptors (Lipinski definition) is 4. The normalized spacial score (nSPS) is 16.3. The Morgan fingerprint density at radius 1 is 1.42 bits per heavy atom. The summed E-state index contributed by atoms with van der Waals surface area (Å²) < 4.78 is 0. The van der Waals surface area contributed by atoms with Crippen molar-refractivity contribution in [2.45, 2.75) is 19.3 Å². The molecule has 1 fully saturated rings. The standard InChI is InChI=1S/C13H17N3O3/c14-12(17)7-9-2-5-16(6-3-9)11-1-4-15-8-10(11)13(18)19/h1,4,8-9H,2-3,5-7H2,(H2,14,17)(H,18,19). The van der Waals surface area contributed by atoms with Gasteiger partial charge in [0, 0.05) is 31.9 Å². The summed E-state index contributed by atoms with van der Waals surface area (Å²) in [7, 11) is 0. The molecule has 2 heterocycles. The molecular formula is C13H17N3O3. The number of carbonyl (C=O) groups is 2. The minimum absolute atomic E-state index is 0.218. The third kappa shape index (κ3) is 3.21. The lowest BCUT2D eigenvalue weighted by Gasteiger charge is -2.33. The van der Waals surface area contributed by atoms with Gasteiger partial charge < -0.3 is 15.7 Å². The Morgan fingerprint density at radius 3 is 2.68 bits per heavy atom. The van der Waals surface area contributed by atoms with Crippen molar-refractivity contribution in [3.05, 3.63) is 24.0 Å². The maximum atomic E-state index is 11.1. The SMILES string of the molecule is NC(=O)CC1CCN(c2ccncc2C(=O)O)CC1. The minimum atomic E-state index is -0.970. The van der Waals surface area contributed by atoms with Gasteiger partial charge in [0.25, 0.3) is 0 Å². The van der Waals surface area contributed by atoms with Crippen LogP contribution in [0.25, 0.3) is 0 Å². The quantitative estimate of drug-likeness (QED) is 0.840. The molecule has 0 aromatic carbocycles. The first kappa shape index (κ1) is 13.3. The van der Waals surface area contributed by atoms with Crippen LogP contribution >= 0.6 is 0 Å². The van der Waals surface area contributed by atoms with E-state index in [0.717, 1.165) is 25.9 Å². The summed E-state index contributed by atoms with van der Waals surface area (Å²) in [5, 5.41) is 9.14. The second-order valence-electron chi connectivity index (χ2n) is 4.80. The van der Waals surface area contributed by atoms with Gasteiger partial charge in [-0.05, 0) is 24.8 Å². The topological polar surface area (TPSA) is 96.5 Å². The van der Waals surface area contributed by atoms with E-state index < -0.39 is 5.97 Å². The maximum Gasteiger partial charge on any atom is 0.339 e. The zero-order valence-electron chi connectivity index (χ0n) is 10.6. The molecule has 0 aliphatic carbocycles. The van der Waals surface area contributed by atoms with E-state index in [9.17, 15) is 9.59 Å². The fraction of sp³-hybridized carbons (Fsp3) is 0.462. The van der Waals surface area contributed by atoms with Crippen molar-refractivity contribution >= 4 is 17.6 Å². The van der Waals surface area contributed by atoms with Crippen LogP contribution in [0.2, 0.25) is 0 Å². The number of pyridine rings is 1. The van der Waals surface area contributed by atoms with Crippen LogP contribution in [-0.4, -0.2) is 35.1 Å². The average molecular weight is 263 g/mol. The largest absolute Gasteiger partial charge is 0.478 e. The van der Waals surface area contributed by atoms with Gasteiger partial charge in [-0.3, -0.25) is 9.78 Å². The van der Waals surface area contributed by atoms with Crippen molar-refractivity contribution in [3.8, 4) is 0 Å². The van der Waals surface area contributed by atoms with Gasteiger partial charge in [0.15, 0.2) is 0 Å². The van der Waals surface area contributed by atoms with Crippen LogP contribution < -0.4 is 10.6 Å². The summed E-state index contributed by atoms with van der Waals surface area (Å²) in [5.41, 5.74) is 6.11. The molecule has 6 heteroatoms. The first-order valence-electron chi connectivity index (χ1n) is 6.28. The molecule has 0 bridgehead atoms. The summed E-state index contributed by atoms with van der Waals surface area (Å²) in [6, 6.07) is 1.72. The highest BCUT2D eigenvalue weighted by Crippen LogP contribution is 2.27. The van der Waals surface area contributed by atoms with E-state index in [0.29, 0.717) is 18.0 Å². The number of anilines is 1. The number of primary amides is 1. The molecule has 1 saturated heterocycles. The van der Waals surface area contributed by atoms with Crippen LogP contribution in [0.4, 0.5) is 5.69 Å². The number of rotatable bonds is 4. The summed E-state index contributed by atoms with van der Waals surface area (Å²) in [6.45, 7) is 1.48. The lowest BCUT2D eigenvalue weighted by atomic mass is 9.93. The number of amides is 1. The average Bonchev–Trinajstić information content (AvgIpc) is 2.39. The molecular weight excluding hydrogens is 246 g/mol. The van der Waals surface area contributed by atoms with Crippen LogP contribution in [0.3, 0.4) is 0 Å². The summed E-state index contributed by atoms with van der Waals surface area (Å²) in [4.78, 5) is 27.9. The van der Waals surface area contributed by atoms with Crippen LogP contribution in [0, 0.1) is 5.92 Å². The number of carbonyl (C=O) groups excluding carboxylic acids is 1. The van der Waals surface area contributed by atoms with E-state index in [-0.39, 0.29) is 11.5 Å². The van der Waals surface area contributed by atoms with E-state index >= 15 is 0 Å². The number of aromatic nitrogens is 1. The second kappa shape index (κ2) is 5.69. The number of carboxylic acid groups (broad SMARTS) is 1. The molecule has 0 radical (unpaired) electrons. The number of nitrogens with two attached hydrogens (primary N) is 1. The predicted molar refractivity (Wildman–Crippen MR) is 69.9 cm³/mol. The molecule has 3 N–H and O–H groups in total. The lowest BCUT2D eigenvalue weighted by molar-refractivity contribution is -0.119. The van der Waals surface area contributed by atoms with Gasteiger partial charge in [-0.1, -0.05) is 0 Å². The van der Waals surface area contributed by atoms with E-state index in [4.69, 9.17) is 10.8 Å². The summed E-state index contributed by atoms with van der Waals surface area (Å²) >= 11 is 0. The van der Waals surface area contributed by atoms with Gasteiger partial charge >= 0.3 is 5.97 Å². The van der Waals surface area contributed by atoms with Gasteiger partial charge in [-0.15, -0.1) is 0 Å². The first-order valence-corrected chi connectivity index (χ1v) is 6.28. The molecule has 0 saturated carbocycles. The number of hydrogen-bond donors (Lipinski definition) is 2. The molecule has 1 aromatic rings. The van der Waals surface area contributed by atoms with Crippen molar-refractivity contribution in [2.75, 3.05) is 18.0 Å². The fourth-order valence-corrected chi connectivity index (χ4v) is 2.49. The van der Waals surface area contributed by atoms with Crippen molar-refractivity contribution in [2.24, 2.45) is 11.7 Å². The first-order chi connectivity index (χ1) is 9.08. The van der Waals surface area contributed by atoms with Crippen LogP contribution in [-0.2, 0) is 4.79 Å². The number of piperidine rings is 1. The van der Waals surface area contributed by atoms with Gasteiger partial charge in [0.05, 0.1) is 5.69 Å². The van der Waals surface area contributed by atoms with Gasteiger partial charge in [-0.25, -0.2) is 4.79 Å². The zero-order valence-corrected chi connectivity index (χ0v) is 10.6. The van der Waals surface area contributed by atoms with Crippen LogP contribution in [0.15, 0.2) is 18.5 Å². The van der Waals surface area contributed by atoms with Crippen LogP contribution in [0.1, 0.15) is 29.6 Å². The Kier molecular flexibility index (Phi) is 3.99. The van der Waals surface area contributed by atoms with E-state index in [1.54, 1.807) is 12.3 Å². The summed E-state index contributed by atoms with van der Waals surface area (Å²) in [6.07, 6.45) is 5.08. The van der Waals surface area contributed by atoms with Crippen LogP contribution in [0.5, 0.6) is 0 Å². The molecule has 0 spiro atoms. The Hall–Kier alpha value is -2.11. The highest BCUT2D eigenvalue weighted by molar-refractivity contribution is 5.94. The Morgan fingerprint density at radius 2 is 2.11 bits per heavy atom. The lowest BCUT2D eigenvalue weighted by Crippen LogP contribution is -2.35. The summed E-state index contributed by atoms with van der Waals surface area (Å²) in [5.74, 6) is -0.931. The molecule has 1 aromatic heterocycles. The number of nitrogens with zero attached hydrogens (tertiary/aromatic N) is 2. The van der Waals surface area contributed by atoms with Crippen molar-refractivity contribution < 1.29 is 14.7 Å². The molecule has 2 rings (SSSR count). The van der Waals surface area contributed by atoms with E-state index in [1.807, 2.05) is 4.90 Å². The molecule has 1 aliphatic rings. The fourth-order valence-electron chi connectivity index (χ4n) is 2.49. The van der Waals surface area contributed by atoms with E-state index in [2.05, 4.69) is 4.98 Å². The van der Waals surface area contributed by atoms with E-state index in [1.165, 1.54) is 6.20 Å². The van der Waals surface area contributed by atoms with Gasteiger partial charge in [-0.2, -0.15) is 0 Å². The monoisotopic (exact) mass is 263 g/mol. The van der Waals surface area contributed by atoms with Crippen molar-refractivity contribution in [1.82, 2.24) is 4.98 Å². The molecule has 1 amide bonds. The molecule has 1 aliphatic heterocycles. The van der Waals surface area contributed by atoms with Gasteiger partial charge in [0.2, 0.25) is 5.91 Å². The number of aromatic carboxylic acids is 1. The smallest absolute Gasteiger partial charge is 0.339 e. The Labute approximate surface area is 111 Å². The molecule has 0 unspecified atom stereocenters. The highest BCUT2D eigenvalue weighted by atomic mass is 16.4. The molecule has 102 valence electrons. The molecule has 6 nitrogen and oxygen atoms in total. The third-order valence-electron chi connectivity index (χ3n) is 3.47.